The van der Waals surface area contributed by atoms with Crippen LogP contribution in [0.15, 0.2) is 0 Å². The molecule has 0 bridgehead atoms. The fourth-order valence-corrected chi connectivity index (χ4v) is 2.49. The molecule has 0 aliphatic rings. The fourth-order valence-electron chi connectivity index (χ4n) is 2.49. The number of nitrogens with one attached hydrogen (secondary N) is 1. The molecule has 0 rings (SSSR count). The summed E-state index contributed by atoms with van der Waals surface area (Å²) in [5.74, 6) is 0.688. The van der Waals surface area contributed by atoms with Gasteiger partial charge in [0.15, 0.2) is 0 Å². The van der Waals surface area contributed by atoms with Gasteiger partial charge in [-0.2, -0.15) is 0 Å². The third kappa shape index (κ3) is 14.1. The van der Waals surface area contributed by atoms with Crippen molar-refractivity contribution in [3.05, 3.63) is 0 Å². The lowest BCUT2D eigenvalue weighted by atomic mass is 10.0. The van der Waals surface area contributed by atoms with Crippen molar-refractivity contribution in [2.75, 3.05) is 13.7 Å². The van der Waals surface area contributed by atoms with Crippen LogP contribution >= 0.6 is 0 Å². The van der Waals surface area contributed by atoms with Crippen molar-refractivity contribution >= 4 is 5.97 Å². The molecule has 1 atom stereocenters. The van der Waals surface area contributed by atoms with Gasteiger partial charge in [-0.05, 0) is 25.8 Å². The Balaban J connectivity index is 3.14. The molecule has 21 heavy (non-hydrogen) atoms. The highest BCUT2D eigenvalue weighted by molar-refractivity contribution is 5.74. The second-order valence-corrected chi connectivity index (χ2v) is 6.56. The lowest BCUT2D eigenvalue weighted by Crippen LogP contribution is -2.35. The fraction of sp³-hybridized carbons (Fsp3) is 0.944. The topological polar surface area (TPSA) is 38.3 Å². The van der Waals surface area contributed by atoms with Gasteiger partial charge in [0.2, 0.25) is 0 Å². The molecule has 0 amide bonds. The van der Waals surface area contributed by atoms with Gasteiger partial charge < -0.3 is 10.1 Å². The predicted molar refractivity (Wildman–Crippen MR) is 90.5 cm³/mol. The van der Waals surface area contributed by atoms with Crippen LogP contribution < -0.4 is 5.32 Å². The summed E-state index contributed by atoms with van der Waals surface area (Å²) in [4.78, 5) is 11.2. The van der Waals surface area contributed by atoms with Gasteiger partial charge in [0.05, 0.1) is 7.11 Å². The summed E-state index contributed by atoms with van der Waals surface area (Å²) in [6.07, 6.45) is 13.5. The molecule has 0 saturated carbocycles. The normalized spacial score (nSPS) is 12.6. The summed E-state index contributed by atoms with van der Waals surface area (Å²) >= 11 is 0. The Bertz CT molecular complexity index is 241. The molecule has 0 fully saturated rings. The van der Waals surface area contributed by atoms with E-state index in [0.717, 1.165) is 18.9 Å². The first kappa shape index (κ1) is 20.4. The second-order valence-electron chi connectivity index (χ2n) is 6.56. The Labute approximate surface area is 132 Å². The molecule has 0 aromatic rings. The van der Waals surface area contributed by atoms with Crippen molar-refractivity contribution in [3.8, 4) is 0 Å². The number of ether oxygens (including phenoxy) is 1. The van der Waals surface area contributed by atoms with Crippen LogP contribution in [0.3, 0.4) is 0 Å². The molecule has 3 heteroatoms. The highest BCUT2D eigenvalue weighted by atomic mass is 16.5. The third-order valence-corrected chi connectivity index (χ3v) is 3.96. The molecule has 126 valence electrons. The molecule has 1 N–H and O–H groups in total. The number of hydrogen-bond acceptors (Lipinski definition) is 3. The van der Waals surface area contributed by atoms with Gasteiger partial charge >= 0.3 is 5.97 Å². The van der Waals surface area contributed by atoms with E-state index in [1.54, 1.807) is 0 Å². The van der Waals surface area contributed by atoms with Gasteiger partial charge in [0, 0.05) is 0 Å². The third-order valence-electron chi connectivity index (χ3n) is 3.96. The van der Waals surface area contributed by atoms with Gasteiger partial charge in [-0.3, -0.25) is 4.79 Å². The molecule has 3 nitrogen and oxygen atoms in total. The van der Waals surface area contributed by atoms with Crippen molar-refractivity contribution in [1.29, 1.82) is 0 Å². The van der Waals surface area contributed by atoms with Crippen LogP contribution in [-0.4, -0.2) is 25.7 Å². The molecular weight excluding hydrogens is 262 g/mol. The number of unbranched alkanes of at least 4 members (excludes halogenated alkanes) is 8. The van der Waals surface area contributed by atoms with E-state index in [1.165, 1.54) is 64.9 Å². The molecule has 0 aromatic carbocycles. The van der Waals surface area contributed by atoms with Crippen molar-refractivity contribution < 1.29 is 9.53 Å². The maximum Gasteiger partial charge on any atom is 0.322 e. The monoisotopic (exact) mass is 299 g/mol. The minimum absolute atomic E-state index is 0.174. The van der Waals surface area contributed by atoms with E-state index in [4.69, 9.17) is 0 Å². The van der Waals surface area contributed by atoms with Crippen LogP contribution in [0, 0.1) is 5.92 Å². The summed E-state index contributed by atoms with van der Waals surface area (Å²) < 4.78 is 4.67. The number of methoxy groups -OCH3 is 1. The van der Waals surface area contributed by atoms with Gasteiger partial charge in [0.25, 0.3) is 0 Å². The molecule has 1 unspecified atom stereocenters. The lowest BCUT2D eigenvalue weighted by Gasteiger charge is -2.10. The standard InChI is InChI=1S/C18H37NO2/c1-16(2)14-12-10-8-6-5-7-9-11-13-15-19-17(3)18(20)21-4/h16-17,19H,5-15H2,1-4H3. The highest BCUT2D eigenvalue weighted by Gasteiger charge is 2.10. The minimum Gasteiger partial charge on any atom is -0.468 e. The Kier molecular flexibility index (Phi) is 14.0. The van der Waals surface area contributed by atoms with Crippen LogP contribution in [0.25, 0.3) is 0 Å². The number of carbonyl (C=O) groups is 1. The average Bonchev–Trinajstić information content (AvgIpc) is 2.46. The zero-order valence-corrected chi connectivity index (χ0v) is 14.7. The minimum atomic E-state index is -0.180. The molecule has 0 aromatic heterocycles. The number of hydrogen-bond donors (Lipinski definition) is 1. The Hall–Kier alpha value is -0.570. The van der Waals surface area contributed by atoms with E-state index in [1.807, 2.05) is 6.92 Å². The first-order valence-electron chi connectivity index (χ1n) is 8.89. The SMILES string of the molecule is COC(=O)C(C)NCCCCCCCCCCCC(C)C. The number of carbonyl (C=O) groups excluding carboxylic acids is 1. The molecule has 0 saturated heterocycles. The van der Waals surface area contributed by atoms with Crippen molar-refractivity contribution in [3.63, 3.8) is 0 Å². The molecule has 0 radical (unpaired) electrons. The first-order valence-corrected chi connectivity index (χ1v) is 8.89. The summed E-state index contributed by atoms with van der Waals surface area (Å²) in [7, 11) is 1.43. The molecular formula is C18H37NO2. The molecule has 0 spiro atoms. The molecule has 0 heterocycles. The second kappa shape index (κ2) is 14.4. The van der Waals surface area contributed by atoms with Crippen LogP contribution in [-0.2, 0) is 9.53 Å². The maximum atomic E-state index is 11.2. The Morgan fingerprint density at radius 1 is 0.857 bits per heavy atom. The van der Waals surface area contributed by atoms with E-state index in [2.05, 4.69) is 23.9 Å². The van der Waals surface area contributed by atoms with Crippen LogP contribution in [0.1, 0.15) is 85.0 Å². The zero-order valence-electron chi connectivity index (χ0n) is 14.7. The van der Waals surface area contributed by atoms with Crippen LogP contribution in [0.4, 0.5) is 0 Å². The zero-order chi connectivity index (χ0) is 15.9. The lowest BCUT2D eigenvalue weighted by molar-refractivity contribution is -0.142. The predicted octanol–water partition coefficient (Wildman–Crippen LogP) is 4.69. The van der Waals surface area contributed by atoms with E-state index in [0.29, 0.717) is 0 Å². The van der Waals surface area contributed by atoms with E-state index in [9.17, 15) is 4.79 Å². The Morgan fingerprint density at radius 3 is 1.81 bits per heavy atom. The summed E-state index contributed by atoms with van der Waals surface area (Å²) in [6, 6.07) is -0.180. The van der Waals surface area contributed by atoms with Gasteiger partial charge in [0.1, 0.15) is 6.04 Å². The smallest absolute Gasteiger partial charge is 0.322 e. The van der Waals surface area contributed by atoms with Crippen molar-refractivity contribution in [2.24, 2.45) is 5.92 Å². The van der Waals surface area contributed by atoms with Gasteiger partial charge in [-0.1, -0.05) is 71.6 Å². The van der Waals surface area contributed by atoms with Crippen LogP contribution in [0.2, 0.25) is 0 Å². The van der Waals surface area contributed by atoms with E-state index in [-0.39, 0.29) is 12.0 Å². The van der Waals surface area contributed by atoms with Crippen LogP contribution in [0.5, 0.6) is 0 Å². The quantitative estimate of drug-likeness (QED) is 0.373. The summed E-state index contributed by atoms with van der Waals surface area (Å²) in [5.41, 5.74) is 0. The van der Waals surface area contributed by atoms with Gasteiger partial charge in [-0.25, -0.2) is 0 Å². The maximum absolute atomic E-state index is 11.2. The van der Waals surface area contributed by atoms with Crippen molar-refractivity contribution in [2.45, 2.75) is 91.0 Å². The van der Waals surface area contributed by atoms with Gasteiger partial charge in [-0.15, -0.1) is 0 Å². The van der Waals surface area contributed by atoms with E-state index >= 15 is 0 Å². The largest absolute Gasteiger partial charge is 0.468 e. The van der Waals surface area contributed by atoms with Crippen molar-refractivity contribution in [1.82, 2.24) is 5.32 Å². The first-order chi connectivity index (χ1) is 10.1. The molecule has 0 aliphatic heterocycles. The summed E-state index contributed by atoms with van der Waals surface area (Å²) in [5, 5.41) is 3.19. The number of rotatable bonds is 14. The number of esters is 1. The average molecular weight is 299 g/mol. The highest BCUT2D eigenvalue weighted by Crippen LogP contribution is 2.12. The molecule has 0 aliphatic carbocycles. The summed E-state index contributed by atoms with van der Waals surface area (Å²) in [6.45, 7) is 7.37. The van der Waals surface area contributed by atoms with E-state index < -0.39 is 0 Å². The Morgan fingerprint density at radius 2 is 1.33 bits per heavy atom.